The summed E-state index contributed by atoms with van der Waals surface area (Å²) in [4.78, 5) is 14.4. The number of amides is 2. The molecule has 1 heterocycles. The molecular formula is C16H16N2OS. The molecular weight excluding hydrogens is 268 g/mol. The number of carbonyl (C=O) groups is 1. The van der Waals surface area contributed by atoms with Crippen LogP contribution in [0.2, 0.25) is 0 Å². The van der Waals surface area contributed by atoms with Crippen molar-refractivity contribution in [1.82, 2.24) is 10.2 Å². The van der Waals surface area contributed by atoms with E-state index in [1.807, 2.05) is 47.4 Å². The van der Waals surface area contributed by atoms with Crippen LogP contribution in [-0.2, 0) is 0 Å². The molecule has 4 heteroatoms. The molecule has 1 N–H and O–H groups in total. The third-order valence-electron chi connectivity index (χ3n) is 3.65. The van der Waals surface area contributed by atoms with Crippen LogP contribution in [0.4, 0.5) is 4.79 Å². The third kappa shape index (κ3) is 2.51. The van der Waals surface area contributed by atoms with E-state index in [9.17, 15) is 4.79 Å². The van der Waals surface area contributed by atoms with Gasteiger partial charge in [-0.2, -0.15) is 0 Å². The topological polar surface area (TPSA) is 32.3 Å². The van der Waals surface area contributed by atoms with E-state index in [2.05, 4.69) is 5.32 Å². The number of benzene rings is 2. The monoisotopic (exact) mass is 284 g/mol. The Bertz CT molecular complexity index is 657. The van der Waals surface area contributed by atoms with E-state index < -0.39 is 0 Å². The Balaban J connectivity index is 1.83. The van der Waals surface area contributed by atoms with E-state index in [-0.39, 0.29) is 6.03 Å². The fourth-order valence-electron chi connectivity index (χ4n) is 2.59. The average molecular weight is 284 g/mol. The zero-order valence-corrected chi connectivity index (χ0v) is 12.0. The van der Waals surface area contributed by atoms with Gasteiger partial charge in [0.2, 0.25) is 0 Å². The summed E-state index contributed by atoms with van der Waals surface area (Å²) >= 11 is 5.40. The van der Waals surface area contributed by atoms with Crippen LogP contribution in [0.15, 0.2) is 42.5 Å². The molecule has 1 fully saturated rings. The smallest absolute Gasteiger partial charge is 0.322 e. The number of likely N-dealkylation sites (tertiary alicyclic amines) is 1. The van der Waals surface area contributed by atoms with Crippen molar-refractivity contribution >= 4 is 34.0 Å². The summed E-state index contributed by atoms with van der Waals surface area (Å²) in [5.74, 6) is 0. The van der Waals surface area contributed by atoms with Gasteiger partial charge in [-0.3, -0.25) is 5.32 Å². The molecule has 0 spiro atoms. The summed E-state index contributed by atoms with van der Waals surface area (Å²) in [5.41, 5.74) is 0.908. The van der Waals surface area contributed by atoms with Crippen molar-refractivity contribution < 1.29 is 4.79 Å². The molecule has 2 aromatic carbocycles. The molecule has 3 nitrogen and oxygen atoms in total. The maximum atomic E-state index is 12.1. The van der Waals surface area contributed by atoms with Gasteiger partial charge in [0.25, 0.3) is 0 Å². The standard InChI is InChI=1S/C16H16N2OS/c19-16(18-10-3-4-11-18)17-15(20)14-9-5-7-12-6-1-2-8-13(12)14/h1-2,5-9H,3-4,10-11H2,(H,17,19,20). The van der Waals surface area contributed by atoms with Gasteiger partial charge in [0.05, 0.1) is 0 Å². The van der Waals surface area contributed by atoms with Crippen molar-refractivity contribution in [2.24, 2.45) is 0 Å². The number of hydrogen-bond acceptors (Lipinski definition) is 2. The molecule has 0 unspecified atom stereocenters. The molecule has 20 heavy (non-hydrogen) atoms. The van der Waals surface area contributed by atoms with Crippen LogP contribution in [-0.4, -0.2) is 29.0 Å². The molecule has 102 valence electrons. The minimum absolute atomic E-state index is 0.0829. The van der Waals surface area contributed by atoms with Gasteiger partial charge in [-0.05, 0) is 23.6 Å². The SMILES string of the molecule is O=C(NC(=S)c1cccc2ccccc12)N1CCCC1. The van der Waals surface area contributed by atoms with E-state index >= 15 is 0 Å². The van der Waals surface area contributed by atoms with Crippen molar-refractivity contribution in [2.45, 2.75) is 12.8 Å². The molecule has 1 saturated heterocycles. The first-order chi connectivity index (χ1) is 9.75. The normalized spacial score (nSPS) is 14.5. The first-order valence-electron chi connectivity index (χ1n) is 6.84. The van der Waals surface area contributed by atoms with Crippen LogP contribution in [0.5, 0.6) is 0 Å². The Morgan fingerprint density at radius 3 is 2.55 bits per heavy atom. The highest BCUT2D eigenvalue weighted by atomic mass is 32.1. The van der Waals surface area contributed by atoms with Gasteiger partial charge < -0.3 is 4.90 Å². The summed E-state index contributed by atoms with van der Waals surface area (Å²) < 4.78 is 0. The van der Waals surface area contributed by atoms with Crippen LogP contribution in [0.3, 0.4) is 0 Å². The molecule has 0 aliphatic carbocycles. The molecule has 0 aromatic heterocycles. The minimum Gasteiger partial charge on any atom is -0.325 e. The molecule has 2 aromatic rings. The van der Waals surface area contributed by atoms with Gasteiger partial charge in [-0.1, -0.05) is 54.7 Å². The Kier molecular flexibility index (Phi) is 3.65. The predicted molar refractivity (Wildman–Crippen MR) is 85.0 cm³/mol. The van der Waals surface area contributed by atoms with Crippen LogP contribution >= 0.6 is 12.2 Å². The Morgan fingerprint density at radius 2 is 1.75 bits per heavy atom. The van der Waals surface area contributed by atoms with Crippen LogP contribution in [0, 0.1) is 0 Å². The maximum absolute atomic E-state index is 12.1. The molecule has 0 saturated carbocycles. The minimum atomic E-state index is -0.0829. The zero-order chi connectivity index (χ0) is 13.9. The van der Waals surface area contributed by atoms with Crippen molar-refractivity contribution in [1.29, 1.82) is 0 Å². The summed E-state index contributed by atoms with van der Waals surface area (Å²) in [6, 6.07) is 13.9. The predicted octanol–water partition coefficient (Wildman–Crippen LogP) is 3.32. The summed E-state index contributed by atoms with van der Waals surface area (Å²) in [6.45, 7) is 1.65. The maximum Gasteiger partial charge on any atom is 0.322 e. The second-order valence-corrected chi connectivity index (χ2v) is 5.39. The van der Waals surface area contributed by atoms with Crippen molar-refractivity contribution in [3.05, 3.63) is 48.0 Å². The molecule has 1 aliphatic rings. The number of nitrogens with zero attached hydrogens (tertiary/aromatic N) is 1. The van der Waals surface area contributed by atoms with E-state index in [1.165, 1.54) is 0 Å². The molecule has 1 aliphatic heterocycles. The summed E-state index contributed by atoms with van der Waals surface area (Å²) in [5, 5.41) is 5.05. The van der Waals surface area contributed by atoms with Gasteiger partial charge in [-0.25, -0.2) is 4.79 Å². The van der Waals surface area contributed by atoms with E-state index in [0.29, 0.717) is 4.99 Å². The van der Waals surface area contributed by atoms with Crippen LogP contribution in [0.1, 0.15) is 18.4 Å². The second-order valence-electron chi connectivity index (χ2n) is 4.98. The van der Waals surface area contributed by atoms with Crippen LogP contribution in [0.25, 0.3) is 10.8 Å². The number of rotatable bonds is 1. The van der Waals surface area contributed by atoms with Gasteiger partial charge >= 0.3 is 6.03 Å². The Morgan fingerprint density at radius 1 is 1.05 bits per heavy atom. The average Bonchev–Trinajstić information content (AvgIpc) is 3.01. The number of carbonyl (C=O) groups excluding carboxylic acids is 1. The van der Waals surface area contributed by atoms with E-state index in [0.717, 1.165) is 42.3 Å². The van der Waals surface area contributed by atoms with Crippen LogP contribution < -0.4 is 5.32 Å². The highest BCUT2D eigenvalue weighted by molar-refractivity contribution is 7.80. The van der Waals surface area contributed by atoms with Crippen molar-refractivity contribution in [2.75, 3.05) is 13.1 Å². The van der Waals surface area contributed by atoms with E-state index in [4.69, 9.17) is 12.2 Å². The van der Waals surface area contributed by atoms with E-state index in [1.54, 1.807) is 0 Å². The number of fused-ring (bicyclic) bond motifs is 1. The van der Waals surface area contributed by atoms with Gasteiger partial charge in [0, 0.05) is 18.7 Å². The lowest BCUT2D eigenvalue weighted by Crippen LogP contribution is -2.40. The number of urea groups is 1. The number of hydrogen-bond donors (Lipinski definition) is 1. The first-order valence-corrected chi connectivity index (χ1v) is 7.24. The highest BCUT2D eigenvalue weighted by Crippen LogP contribution is 2.19. The van der Waals surface area contributed by atoms with Crippen molar-refractivity contribution in [3.8, 4) is 0 Å². The number of thiocarbonyl (C=S) groups is 1. The fraction of sp³-hybridized carbons (Fsp3) is 0.250. The second kappa shape index (κ2) is 5.59. The summed E-state index contributed by atoms with van der Waals surface area (Å²) in [7, 11) is 0. The first kappa shape index (κ1) is 13.1. The summed E-state index contributed by atoms with van der Waals surface area (Å²) in [6.07, 6.45) is 2.16. The lowest BCUT2D eigenvalue weighted by Gasteiger charge is -2.17. The molecule has 0 radical (unpaired) electrons. The molecule has 2 amide bonds. The quantitative estimate of drug-likeness (QED) is 0.815. The lowest BCUT2D eigenvalue weighted by atomic mass is 10.0. The molecule has 0 bridgehead atoms. The highest BCUT2D eigenvalue weighted by Gasteiger charge is 2.19. The molecule has 3 rings (SSSR count). The largest absolute Gasteiger partial charge is 0.325 e. The van der Waals surface area contributed by atoms with Gasteiger partial charge in [0.15, 0.2) is 0 Å². The van der Waals surface area contributed by atoms with Crippen molar-refractivity contribution in [3.63, 3.8) is 0 Å². The number of nitrogens with one attached hydrogen (secondary N) is 1. The fourth-order valence-corrected chi connectivity index (χ4v) is 2.85. The van der Waals surface area contributed by atoms with Gasteiger partial charge in [-0.15, -0.1) is 0 Å². The lowest BCUT2D eigenvalue weighted by molar-refractivity contribution is 0.214. The molecule has 0 atom stereocenters. The zero-order valence-electron chi connectivity index (χ0n) is 11.1. The third-order valence-corrected chi connectivity index (χ3v) is 3.97. The van der Waals surface area contributed by atoms with Gasteiger partial charge in [0.1, 0.15) is 4.99 Å². The Labute approximate surface area is 123 Å². The Hall–Kier alpha value is -1.94.